The predicted octanol–water partition coefficient (Wildman–Crippen LogP) is -0.0551. The second-order valence-electron chi connectivity index (χ2n) is 7.35. The summed E-state index contributed by atoms with van der Waals surface area (Å²) in [7, 11) is 0. The molecule has 0 bridgehead atoms. The van der Waals surface area contributed by atoms with Crippen LogP contribution in [-0.2, 0) is 30.5 Å². The molecule has 0 N–H and O–H groups in total. The summed E-state index contributed by atoms with van der Waals surface area (Å²) in [5, 5.41) is 21.7. The second kappa shape index (κ2) is 7.15. The number of fused-ring (bicyclic) bond motifs is 1. The number of carboxylic acid groups (broad SMARTS) is 1. The summed E-state index contributed by atoms with van der Waals surface area (Å²) in [6, 6.07) is 3.09. The lowest BCUT2D eigenvalue weighted by atomic mass is 9.76. The first kappa shape index (κ1) is 20.2. The highest BCUT2D eigenvalue weighted by molar-refractivity contribution is 6.10. The molecule has 1 amide bonds. The fourth-order valence-corrected chi connectivity index (χ4v) is 3.74. The lowest BCUT2D eigenvalue weighted by Crippen LogP contribution is -2.69. The SMILES string of the molecule is CC(C)(OC(=O)OCc1ccc([N+](=O)[O-])cc1)[C@H]1C(=O)N2[C@@H](C(=O)[O-])C(=O)C[C@H]12. The lowest BCUT2D eigenvalue weighted by molar-refractivity contribution is -0.384. The number of nitro groups is 1. The molecule has 1 aromatic rings. The summed E-state index contributed by atoms with van der Waals surface area (Å²) < 4.78 is 10.2. The number of carbonyl (C=O) groups excluding carboxylic acids is 4. The van der Waals surface area contributed by atoms with Gasteiger partial charge in [-0.05, 0) is 31.5 Å². The van der Waals surface area contributed by atoms with Gasteiger partial charge in [0, 0.05) is 18.6 Å². The number of carboxylic acids is 1. The maximum Gasteiger partial charge on any atom is 0.509 e. The van der Waals surface area contributed by atoms with Gasteiger partial charge in [0.1, 0.15) is 18.2 Å². The molecule has 0 spiro atoms. The zero-order valence-electron chi connectivity index (χ0n) is 15.5. The van der Waals surface area contributed by atoms with E-state index in [0.717, 1.165) is 4.90 Å². The van der Waals surface area contributed by atoms with Crippen molar-refractivity contribution < 1.29 is 38.7 Å². The fraction of sp³-hybridized carbons (Fsp3) is 0.444. The van der Waals surface area contributed by atoms with Crippen LogP contribution in [0.25, 0.3) is 0 Å². The molecule has 11 heteroatoms. The molecule has 2 saturated heterocycles. The summed E-state index contributed by atoms with van der Waals surface area (Å²) in [5.41, 5.74) is -0.952. The predicted molar refractivity (Wildman–Crippen MR) is 91.0 cm³/mol. The molecule has 29 heavy (non-hydrogen) atoms. The first-order valence-electron chi connectivity index (χ1n) is 8.68. The molecular formula is C18H17N2O9-. The van der Waals surface area contributed by atoms with Gasteiger partial charge >= 0.3 is 6.16 Å². The summed E-state index contributed by atoms with van der Waals surface area (Å²) in [4.78, 5) is 58.4. The van der Waals surface area contributed by atoms with Gasteiger partial charge in [-0.3, -0.25) is 19.7 Å². The van der Waals surface area contributed by atoms with Gasteiger partial charge in [0.15, 0.2) is 5.78 Å². The van der Waals surface area contributed by atoms with Crippen LogP contribution in [0.3, 0.4) is 0 Å². The number of non-ortho nitro benzene ring substituents is 1. The van der Waals surface area contributed by atoms with E-state index in [1.165, 1.54) is 38.1 Å². The molecule has 0 radical (unpaired) electrons. The van der Waals surface area contributed by atoms with Gasteiger partial charge < -0.3 is 24.3 Å². The van der Waals surface area contributed by atoms with Crippen LogP contribution in [0.4, 0.5) is 10.5 Å². The van der Waals surface area contributed by atoms with Crippen LogP contribution in [0.2, 0.25) is 0 Å². The topological polar surface area (TPSA) is 156 Å². The van der Waals surface area contributed by atoms with Gasteiger partial charge in [0.05, 0.1) is 22.9 Å². The Hall–Kier alpha value is -3.50. The molecule has 0 unspecified atom stereocenters. The molecule has 1 aromatic carbocycles. The van der Waals surface area contributed by atoms with Crippen molar-refractivity contribution in [2.24, 2.45) is 5.92 Å². The fourth-order valence-electron chi connectivity index (χ4n) is 3.74. The Morgan fingerprint density at radius 3 is 2.41 bits per heavy atom. The van der Waals surface area contributed by atoms with Crippen LogP contribution >= 0.6 is 0 Å². The quantitative estimate of drug-likeness (QED) is 0.208. The minimum absolute atomic E-state index is 0.105. The molecule has 2 heterocycles. The Morgan fingerprint density at radius 2 is 1.86 bits per heavy atom. The van der Waals surface area contributed by atoms with E-state index in [9.17, 15) is 34.4 Å². The van der Waals surface area contributed by atoms with E-state index in [1.54, 1.807) is 0 Å². The number of ether oxygens (including phenoxy) is 2. The molecule has 0 aliphatic carbocycles. The zero-order valence-corrected chi connectivity index (χ0v) is 15.5. The Labute approximate surface area is 164 Å². The van der Waals surface area contributed by atoms with Crippen molar-refractivity contribution in [3.8, 4) is 0 Å². The average molecular weight is 405 g/mol. The maximum atomic E-state index is 12.4. The van der Waals surface area contributed by atoms with Crippen LogP contribution in [-0.4, -0.2) is 51.3 Å². The first-order valence-corrected chi connectivity index (χ1v) is 8.68. The van der Waals surface area contributed by atoms with Crippen molar-refractivity contribution in [3.05, 3.63) is 39.9 Å². The normalized spacial score (nSPS) is 23.2. The molecule has 0 aromatic heterocycles. The second-order valence-corrected chi connectivity index (χ2v) is 7.35. The smallest absolute Gasteiger partial charge is 0.509 e. The minimum Gasteiger partial charge on any atom is -0.547 e. The molecule has 2 aliphatic heterocycles. The van der Waals surface area contributed by atoms with Crippen molar-refractivity contribution in [1.82, 2.24) is 4.90 Å². The third kappa shape index (κ3) is 3.62. The van der Waals surface area contributed by atoms with Crippen LogP contribution in [0.5, 0.6) is 0 Å². The number of carbonyl (C=O) groups is 4. The van der Waals surface area contributed by atoms with Crippen molar-refractivity contribution in [2.75, 3.05) is 0 Å². The molecule has 11 nitrogen and oxygen atoms in total. The number of hydrogen-bond donors (Lipinski definition) is 0. The van der Waals surface area contributed by atoms with Crippen LogP contribution in [0, 0.1) is 16.0 Å². The van der Waals surface area contributed by atoms with E-state index in [4.69, 9.17) is 9.47 Å². The minimum atomic E-state index is -1.63. The lowest BCUT2D eigenvalue weighted by Gasteiger charge is -2.50. The largest absolute Gasteiger partial charge is 0.547 e. The number of ketones is 1. The van der Waals surface area contributed by atoms with E-state index in [2.05, 4.69) is 0 Å². The third-order valence-electron chi connectivity index (χ3n) is 5.08. The highest BCUT2D eigenvalue weighted by Crippen LogP contribution is 2.44. The molecule has 154 valence electrons. The Morgan fingerprint density at radius 1 is 1.24 bits per heavy atom. The number of Topliss-reactive ketones (excluding diaryl/α,β-unsaturated/α-hetero) is 1. The third-order valence-corrected chi connectivity index (χ3v) is 5.08. The summed E-state index contributed by atoms with van der Waals surface area (Å²) >= 11 is 0. The van der Waals surface area contributed by atoms with Gasteiger partial charge in [0.2, 0.25) is 5.91 Å². The zero-order chi connectivity index (χ0) is 21.5. The molecule has 2 fully saturated rings. The van der Waals surface area contributed by atoms with Gasteiger partial charge in [0.25, 0.3) is 5.69 Å². The Balaban J connectivity index is 1.59. The van der Waals surface area contributed by atoms with Gasteiger partial charge in [-0.1, -0.05) is 0 Å². The summed E-state index contributed by atoms with van der Waals surface area (Å²) in [6.45, 7) is 2.74. The van der Waals surface area contributed by atoms with E-state index in [1.807, 2.05) is 0 Å². The monoisotopic (exact) mass is 405 g/mol. The highest BCUT2D eigenvalue weighted by atomic mass is 16.7. The summed E-state index contributed by atoms with van der Waals surface area (Å²) in [6.07, 6.45) is -1.22. The number of aliphatic carboxylic acids is 1. The maximum absolute atomic E-state index is 12.4. The highest BCUT2D eigenvalue weighted by Gasteiger charge is 2.63. The first-order chi connectivity index (χ1) is 13.5. The number of β-lactam (4-membered cyclic amide) rings is 1. The van der Waals surface area contributed by atoms with E-state index < -0.39 is 52.3 Å². The van der Waals surface area contributed by atoms with Crippen LogP contribution in [0.15, 0.2) is 24.3 Å². The Kier molecular flexibility index (Phi) is 4.99. The van der Waals surface area contributed by atoms with Crippen molar-refractivity contribution >= 4 is 29.5 Å². The molecule has 3 rings (SSSR count). The van der Waals surface area contributed by atoms with E-state index in [0.29, 0.717) is 5.56 Å². The Bertz CT molecular complexity index is 893. The average Bonchev–Trinajstić information content (AvgIpc) is 2.92. The number of rotatable bonds is 6. The molecular weight excluding hydrogens is 388 g/mol. The van der Waals surface area contributed by atoms with Crippen LogP contribution < -0.4 is 5.11 Å². The number of benzene rings is 1. The van der Waals surface area contributed by atoms with Crippen molar-refractivity contribution in [1.29, 1.82) is 0 Å². The molecule has 0 saturated carbocycles. The number of amides is 1. The summed E-state index contributed by atoms with van der Waals surface area (Å²) in [5.74, 6) is -3.75. The van der Waals surface area contributed by atoms with Gasteiger partial charge in [-0.2, -0.15) is 0 Å². The van der Waals surface area contributed by atoms with Gasteiger partial charge in [-0.15, -0.1) is 0 Å². The van der Waals surface area contributed by atoms with Crippen molar-refractivity contribution in [2.45, 2.75) is 44.6 Å². The van der Waals surface area contributed by atoms with Crippen molar-refractivity contribution in [3.63, 3.8) is 0 Å². The number of nitrogens with zero attached hydrogens (tertiary/aromatic N) is 2. The van der Waals surface area contributed by atoms with Gasteiger partial charge in [-0.25, -0.2) is 4.79 Å². The number of nitro benzene ring substituents is 1. The molecule has 3 atom stereocenters. The number of hydrogen-bond acceptors (Lipinski definition) is 9. The standard InChI is InChI=1S/C18H18N2O9/c1-18(2,13-11-7-12(21)14(16(23)24)19(11)15(13)22)29-17(25)28-8-9-3-5-10(6-4-9)20(26)27/h3-6,11,13-14H,7-8H2,1-2H3,(H,23,24)/p-1/t11-,13-,14-/m1/s1. The van der Waals surface area contributed by atoms with E-state index >= 15 is 0 Å². The van der Waals surface area contributed by atoms with Crippen LogP contribution in [0.1, 0.15) is 25.8 Å². The van der Waals surface area contributed by atoms with E-state index in [-0.39, 0.29) is 18.7 Å². The molecule has 2 aliphatic rings.